The Labute approximate surface area is 149 Å². The number of rotatable bonds is 3. The molecule has 0 saturated heterocycles. The molecule has 0 aliphatic heterocycles. The number of carbonyl (C=O) groups is 1. The lowest BCUT2D eigenvalue weighted by Gasteiger charge is -2.49. The van der Waals surface area contributed by atoms with Crippen LogP contribution in [0.4, 0.5) is 0 Å². The lowest BCUT2D eigenvalue weighted by atomic mass is 9.56. The fourth-order valence-electron chi connectivity index (χ4n) is 6.09. The van der Waals surface area contributed by atoms with Crippen LogP contribution in [0, 0.1) is 23.7 Å². The molecule has 4 heteroatoms. The topological polar surface area (TPSA) is 66.8 Å². The Kier molecular flexibility index (Phi) is 4.48. The normalized spacial score (nSPS) is 36.2. The van der Waals surface area contributed by atoms with Gasteiger partial charge in [-0.15, -0.1) is 0 Å². The van der Waals surface area contributed by atoms with Crippen LogP contribution >= 0.6 is 0 Å². The molecule has 4 rings (SSSR count). The first-order valence-electron chi connectivity index (χ1n) is 9.65. The highest BCUT2D eigenvalue weighted by molar-refractivity contribution is 5.69. The number of methoxy groups -OCH3 is 1. The van der Waals surface area contributed by atoms with E-state index in [2.05, 4.69) is 6.07 Å². The van der Waals surface area contributed by atoms with E-state index in [0.29, 0.717) is 41.8 Å². The van der Waals surface area contributed by atoms with Crippen molar-refractivity contribution in [2.45, 2.75) is 57.0 Å². The van der Waals surface area contributed by atoms with Crippen molar-refractivity contribution in [2.75, 3.05) is 7.11 Å². The Morgan fingerprint density at radius 1 is 1.20 bits per heavy atom. The number of aromatic hydroxyl groups is 1. The highest BCUT2D eigenvalue weighted by Gasteiger charge is 2.51. The lowest BCUT2D eigenvalue weighted by Crippen LogP contribution is -2.41. The number of aliphatic hydroxyl groups is 1. The quantitative estimate of drug-likeness (QED) is 0.825. The molecule has 0 bridgehead atoms. The third-order valence-electron chi connectivity index (χ3n) is 7.11. The second kappa shape index (κ2) is 6.64. The van der Waals surface area contributed by atoms with Crippen LogP contribution in [0.5, 0.6) is 5.75 Å². The standard InChI is InChI=1S/C21H28O4/c1-25-20(24)9-3-13-11-18-16(7-8-19(18)23)17-5-2-12-10-14(22)4-6-15(12)21(13)17/h4,6,10,13,16-19,21-23H,2-3,5,7-9,11H2,1H3/t13-,16?,17?,18?,19-,21?/m0/s1. The molecule has 0 aromatic heterocycles. The van der Waals surface area contributed by atoms with Gasteiger partial charge in [-0.05, 0) is 91.4 Å². The van der Waals surface area contributed by atoms with E-state index < -0.39 is 0 Å². The van der Waals surface area contributed by atoms with Gasteiger partial charge >= 0.3 is 5.97 Å². The van der Waals surface area contributed by atoms with Crippen molar-refractivity contribution in [3.05, 3.63) is 29.3 Å². The number of hydrogen-bond acceptors (Lipinski definition) is 4. The van der Waals surface area contributed by atoms with Crippen LogP contribution in [-0.2, 0) is 16.0 Å². The smallest absolute Gasteiger partial charge is 0.305 e. The van der Waals surface area contributed by atoms with E-state index in [0.717, 1.165) is 38.5 Å². The van der Waals surface area contributed by atoms with E-state index in [1.165, 1.54) is 18.2 Å². The van der Waals surface area contributed by atoms with Crippen molar-refractivity contribution in [3.63, 3.8) is 0 Å². The molecule has 0 radical (unpaired) electrons. The van der Waals surface area contributed by atoms with Crippen molar-refractivity contribution >= 4 is 5.97 Å². The molecule has 3 aliphatic carbocycles. The minimum absolute atomic E-state index is 0.146. The van der Waals surface area contributed by atoms with Crippen LogP contribution in [0.25, 0.3) is 0 Å². The summed E-state index contributed by atoms with van der Waals surface area (Å²) in [5.74, 6) is 2.64. The van der Waals surface area contributed by atoms with E-state index in [9.17, 15) is 15.0 Å². The van der Waals surface area contributed by atoms with Gasteiger partial charge < -0.3 is 14.9 Å². The summed E-state index contributed by atoms with van der Waals surface area (Å²) >= 11 is 0. The number of fused-ring (bicyclic) bond motifs is 5. The Morgan fingerprint density at radius 3 is 2.84 bits per heavy atom. The van der Waals surface area contributed by atoms with Crippen LogP contribution in [0.2, 0.25) is 0 Å². The van der Waals surface area contributed by atoms with Crippen LogP contribution in [0.3, 0.4) is 0 Å². The highest BCUT2D eigenvalue weighted by atomic mass is 16.5. The number of phenols is 1. The zero-order valence-corrected chi connectivity index (χ0v) is 14.9. The van der Waals surface area contributed by atoms with Crippen LogP contribution in [0.1, 0.15) is 55.6 Å². The van der Waals surface area contributed by atoms with E-state index in [1.807, 2.05) is 6.07 Å². The summed E-state index contributed by atoms with van der Waals surface area (Å²) in [7, 11) is 1.45. The maximum absolute atomic E-state index is 11.7. The van der Waals surface area contributed by atoms with Gasteiger partial charge in [-0.25, -0.2) is 0 Å². The van der Waals surface area contributed by atoms with Crippen LogP contribution in [-0.4, -0.2) is 29.4 Å². The summed E-state index contributed by atoms with van der Waals surface area (Å²) in [5, 5.41) is 20.3. The monoisotopic (exact) mass is 344 g/mol. The molecule has 4 unspecified atom stereocenters. The summed E-state index contributed by atoms with van der Waals surface area (Å²) in [6, 6.07) is 5.81. The Morgan fingerprint density at radius 2 is 2.04 bits per heavy atom. The molecule has 0 spiro atoms. The number of aryl methyl sites for hydroxylation is 1. The van der Waals surface area contributed by atoms with Gasteiger partial charge in [0, 0.05) is 6.42 Å². The van der Waals surface area contributed by atoms with Crippen molar-refractivity contribution in [2.24, 2.45) is 23.7 Å². The molecular weight excluding hydrogens is 316 g/mol. The lowest BCUT2D eigenvalue weighted by molar-refractivity contribution is -0.141. The number of aliphatic hydroxyl groups excluding tert-OH is 1. The second-order valence-corrected chi connectivity index (χ2v) is 8.19. The summed E-state index contributed by atoms with van der Waals surface area (Å²) in [6.45, 7) is 0. The molecule has 2 fully saturated rings. The number of benzene rings is 1. The third-order valence-corrected chi connectivity index (χ3v) is 7.11. The van der Waals surface area contributed by atoms with Crippen molar-refractivity contribution in [1.29, 1.82) is 0 Å². The van der Waals surface area contributed by atoms with Crippen molar-refractivity contribution in [3.8, 4) is 5.75 Å². The van der Waals surface area contributed by atoms with Gasteiger partial charge in [-0.3, -0.25) is 4.79 Å². The van der Waals surface area contributed by atoms with Gasteiger partial charge in [-0.1, -0.05) is 6.07 Å². The molecule has 0 amide bonds. The minimum atomic E-state index is -0.173. The molecule has 136 valence electrons. The summed E-state index contributed by atoms with van der Waals surface area (Å²) in [5.41, 5.74) is 2.63. The number of ether oxygens (including phenoxy) is 1. The van der Waals surface area contributed by atoms with Gasteiger partial charge in [-0.2, -0.15) is 0 Å². The van der Waals surface area contributed by atoms with Gasteiger partial charge in [0.15, 0.2) is 0 Å². The van der Waals surface area contributed by atoms with E-state index in [1.54, 1.807) is 6.07 Å². The molecule has 1 aromatic carbocycles. The highest BCUT2D eigenvalue weighted by Crippen LogP contribution is 2.58. The Bertz CT molecular complexity index is 655. The van der Waals surface area contributed by atoms with Crippen LogP contribution in [0.15, 0.2) is 18.2 Å². The number of carbonyl (C=O) groups excluding carboxylic acids is 1. The first kappa shape index (κ1) is 16.9. The molecule has 25 heavy (non-hydrogen) atoms. The summed E-state index contributed by atoms with van der Waals surface area (Å²) in [4.78, 5) is 11.7. The molecule has 0 heterocycles. The molecule has 2 saturated carbocycles. The summed E-state index contributed by atoms with van der Waals surface area (Å²) in [6.07, 6.45) is 6.29. The molecular formula is C21H28O4. The number of hydrogen-bond donors (Lipinski definition) is 2. The van der Waals surface area contributed by atoms with E-state index >= 15 is 0 Å². The first-order chi connectivity index (χ1) is 12.1. The predicted molar refractivity (Wildman–Crippen MR) is 94.2 cm³/mol. The fourth-order valence-corrected chi connectivity index (χ4v) is 6.09. The molecule has 6 atom stereocenters. The number of phenolic OH excluding ortho intramolecular Hbond substituents is 1. The largest absolute Gasteiger partial charge is 0.508 e. The third kappa shape index (κ3) is 2.95. The summed E-state index contributed by atoms with van der Waals surface area (Å²) < 4.78 is 4.85. The van der Waals surface area contributed by atoms with Gasteiger partial charge in [0.05, 0.1) is 13.2 Å². The van der Waals surface area contributed by atoms with Gasteiger partial charge in [0.1, 0.15) is 5.75 Å². The average Bonchev–Trinajstić information content (AvgIpc) is 2.99. The van der Waals surface area contributed by atoms with E-state index in [4.69, 9.17) is 4.74 Å². The van der Waals surface area contributed by atoms with Gasteiger partial charge in [0.2, 0.25) is 0 Å². The second-order valence-electron chi connectivity index (χ2n) is 8.19. The molecule has 4 nitrogen and oxygen atoms in total. The van der Waals surface area contributed by atoms with Crippen LogP contribution < -0.4 is 0 Å². The van der Waals surface area contributed by atoms with Crippen molar-refractivity contribution < 1.29 is 19.7 Å². The molecule has 2 N–H and O–H groups in total. The van der Waals surface area contributed by atoms with Gasteiger partial charge in [0.25, 0.3) is 0 Å². The van der Waals surface area contributed by atoms with E-state index in [-0.39, 0.29) is 12.1 Å². The fraction of sp³-hybridized carbons (Fsp3) is 0.667. The zero-order valence-electron chi connectivity index (χ0n) is 14.9. The SMILES string of the molecule is COC(=O)CC[C@H]1CC2C(CC[C@@H]2O)C2CCc3cc(O)ccc3C21. The maximum atomic E-state index is 11.7. The molecule has 1 aromatic rings. The first-order valence-corrected chi connectivity index (χ1v) is 9.65. The Hall–Kier alpha value is -1.55. The van der Waals surface area contributed by atoms with Crippen molar-refractivity contribution in [1.82, 2.24) is 0 Å². The zero-order chi connectivity index (χ0) is 17.6. The molecule has 3 aliphatic rings. The Balaban J connectivity index is 1.66. The average molecular weight is 344 g/mol. The minimum Gasteiger partial charge on any atom is -0.508 e. The predicted octanol–water partition coefficient (Wildman–Crippen LogP) is 3.40. The number of esters is 1. The maximum Gasteiger partial charge on any atom is 0.305 e.